The summed E-state index contributed by atoms with van der Waals surface area (Å²) in [6, 6.07) is 0. The molecule has 0 spiro atoms. The van der Waals surface area contributed by atoms with Gasteiger partial charge in [0.2, 0.25) is 5.91 Å². The third-order valence-corrected chi connectivity index (χ3v) is 6.30. The molecule has 0 aliphatic heterocycles. The average molecular weight is 336 g/mol. The van der Waals surface area contributed by atoms with Gasteiger partial charge in [0.05, 0.1) is 12.2 Å². The molecule has 21 heavy (non-hydrogen) atoms. The molecule has 0 rings (SSSR count). The van der Waals surface area contributed by atoms with E-state index in [0.29, 0.717) is 24.9 Å². The molecule has 6 nitrogen and oxygen atoms in total. The minimum atomic E-state index is -3.75. The lowest BCUT2D eigenvalue weighted by atomic mass is 10.5. The van der Waals surface area contributed by atoms with Gasteiger partial charge < -0.3 is 13.9 Å². The molecule has 0 fully saturated rings. The lowest BCUT2D eigenvalue weighted by Gasteiger charge is -2.30. The van der Waals surface area contributed by atoms with Crippen LogP contribution in [0.4, 0.5) is 0 Å². The third-order valence-electron chi connectivity index (χ3n) is 2.45. The number of rotatable bonds is 9. The van der Waals surface area contributed by atoms with Gasteiger partial charge in [0.1, 0.15) is 5.40 Å². The summed E-state index contributed by atoms with van der Waals surface area (Å²) in [5.41, 5.74) is 0. The summed E-state index contributed by atoms with van der Waals surface area (Å²) in [6.07, 6.45) is -0.748. The van der Waals surface area contributed by atoms with E-state index in [1.54, 1.807) is 27.7 Å². The van der Waals surface area contributed by atoms with E-state index >= 15 is 0 Å². The highest BCUT2D eigenvalue weighted by Crippen LogP contribution is 2.59. The maximum atomic E-state index is 13.0. The molecule has 0 aromatic carbocycles. The number of hydrogen-bond acceptors (Lipinski definition) is 6. The summed E-state index contributed by atoms with van der Waals surface area (Å²) in [7, 11) is -3.75. The fourth-order valence-electron chi connectivity index (χ4n) is 1.71. The van der Waals surface area contributed by atoms with E-state index < -0.39 is 18.5 Å². The van der Waals surface area contributed by atoms with Crippen molar-refractivity contribution in [1.82, 2.24) is 4.90 Å². The number of hydrogen-bond donors (Lipinski definition) is 0. The molecule has 0 aliphatic rings. The summed E-state index contributed by atoms with van der Waals surface area (Å²) >= 11 is 0.636. The molecular weight excluding hydrogens is 311 g/mol. The number of nitriles is 1. The predicted molar refractivity (Wildman–Crippen MR) is 85.0 cm³/mol. The van der Waals surface area contributed by atoms with Gasteiger partial charge in [-0.25, -0.2) is 0 Å². The van der Waals surface area contributed by atoms with Crippen molar-refractivity contribution in [2.45, 2.75) is 58.7 Å². The van der Waals surface area contributed by atoms with Crippen LogP contribution in [-0.2, 0) is 18.4 Å². The lowest BCUT2D eigenvalue weighted by Crippen LogP contribution is -2.38. The number of thiocyanates is 1. The summed E-state index contributed by atoms with van der Waals surface area (Å²) < 4.78 is 23.9. The van der Waals surface area contributed by atoms with Crippen molar-refractivity contribution >= 4 is 25.3 Å². The standard InChI is InChI=1S/C13H25N2O4PS/c1-7-15(8-2)12(16)13(21-9-14)20(17,18-10(3)4)19-11(5)6/h10-11,13H,7-8H2,1-6H3. The SMILES string of the molecule is CCN(CC)C(=O)C(SC#N)P(=O)(OC(C)C)OC(C)C. The maximum Gasteiger partial charge on any atom is 0.354 e. The molecule has 1 amide bonds. The van der Waals surface area contributed by atoms with Gasteiger partial charge in [-0.15, -0.1) is 0 Å². The summed E-state index contributed by atoms with van der Waals surface area (Å²) in [5.74, 6) is -0.392. The van der Waals surface area contributed by atoms with Crippen molar-refractivity contribution in [3.05, 3.63) is 0 Å². The Labute approximate surface area is 131 Å². The number of thioether (sulfide) groups is 1. The van der Waals surface area contributed by atoms with Crippen molar-refractivity contribution < 1.29 is 18.4 Å². The van der Waals surface area contributed by atoms with Crippen molar-refractivity contribution in [3.8, 4) is 5.40 Å². The van der Waals surface area contributed by atoms with Crippen LogP contribution in [0.2, 0.25) is 0 Å². The van der Waals surface area contributed by atoms with Crippen LogP contribution in [0.25, 0.3) is 0 Å². The highest BCUT2D eigenvalue weighted by atomic mass is 32.2. The Kier molecular flexibility index (Phi) is 9.23. The molecule has 0 N–H and O–H groups in total. The Balaban J connectivity index is 5.56. The Hall–Kier alpha value is -0.540. The quantitative estimate of drug-likeness (QED) is 0.474. The van der Waals surface area contributed by atoms with E-state index in [9.17, 15) is 9.36 Å². The number of amides is 1. The van der Waals surface area contributed by atoms with Gasteiger partial charge in [-0.05, 0) is 53.3 Å². The molecule has 0 saturated carbocycles. The Morgan fingerprint density at radius 2 is 1.62 bits per heavy atom. The van der Waals surface area contributed by atoms with E-state index in [4.69, 9.17) is 14.3 Å². The van der Waals surface area contributed by atoms with Crippen LogP contribution in [0.15, 0.2) is 0 Å². The smallest absolute Gasteiger partial charge is 0.342 e. The van der Waals surface area contributed by atoms with E-state index in [1.165, 1.54) is 4.90 Å². The zero-order valence-electron chi connectivity index (χ0n) is 13.5. The second-order valence-corrected chi connectivity index (χ2v) is 8.18. The third kappa shape index (κ3) is 6.39. The second-order valence-electron chi connectivity index (χ2n) is 4.92. The minimum Gasteiger partial charge on any atom is -0.342 e. The zero-order valence-corrected chi connectivity index (χ0v) is 15.2. The molecule has 0 aromatic heterocycles. The second kappa shape index (κ2) is 9.47. The van der Waals surface area contributed by atoms with Crippen LogP contribution >= 0.6 is 19.4 Å². The van der Waals surface area contributed by atoms with Crippen LogP contribution in [0.5, 0.6) is 0 Å². The zero-order chi connectivity index (χ0) is 16.6. The molecule has 1 atom stereocenters. The molecule has 0 aliphatic carbocycles. The molecule has 0 saturated heterocycles. The number of nitrogens with zero attached hydrogens (tertiary/aromatic N) is 2. The molecule has 0 radical (unpaired) electrons. The highest BCUT2D eigenvalue weighted by molar-refractivity contribution is 8.10. The van der Waals surface area contributed by atoms with Gasteiger partial charge in [0.25, 0.3) is 0 Å². The van der Waals surface area contributed by atoms with E-state index in [2.05, 4.69) is 0 Å². The van der Waals surface area contributed by atoms with Crippen molar-refractivity contribution in [1.29, 1.82) is 5.26 Å². The van der Waals surface area contributed by atoms with Gasteiger partial charge in [-0.1, -0.05) is 0 Å². The highest BCUT2D eigenvalue weighted by Gasteiger charge is 2.45. The molecule has 0 aromatic rings. The minimum absolute atomic E-state index is 0.374. The number of carbonyl (C=O) groups is 1. The van der Waals surface area contributed by atoms with Gasteiger partial charge in [-0.3, -0.25) is 9.36 Å². The summed E-state index contributed by atoms with van der Waals surface area (Å²) in [5, 5.41) is 10.8. The van der Waals surface area contributed by atoms with Crippen LogP contribution < -0.4 is 0 Å². The van der Waals surface area contributed by atoms with Crippen molar-refractivity contribution in [2.75, 3.05) is 13.1 Å². The first-order valence-electron chi connectivity index (χ1n) is 7.01. The predicted octanol–water partition coefficient (Wildman–Crippen LogP) is 3.44. The molecular formula is C13H25N2O4PS. The van der Waals surface area contributed by atoms with Crippen LogP contribution in [0, 0.1) is 10.7 Å². The topological polar surface area (TPSA) is 79.6 Å². The van der Waals surface area contributed by atoms with E-state index in [0.717, 1.165) is 0 Å². The van der Waals surface area contributed by atoms with Crippen LogP contribution in [0.1, 0.15) is 41.5 Å². The number of carbonyl (C=O) groups excluding carboxylic acids is 1. The first kappa shape index (κ1) is 20.5. The van der Waals surface area contributed by atoms with E-state index in [-0.39, 0.29) is 12.2 Å². The van der Waals surface area contributed by atoms with Crippen molar-refractivity contribution in [2.24, 2.45) is 0 Å². The Morgan fingerprint density at radius 3 is 1.90 bits per heavy atom. The molecule has 0 bridgehead atoms. The Morgan fingerprint density at radius 1 is 1.19 bits per heavy atom. The first-order chi connectivity index (χ1) is 9.71. The van der Waals surface area contributed by atoms with E-state index in [1.807, 2.05) is 19.2 Å². The lowest BCUT2D eigenvalue weighted by molar-refractivity contribution is -0.129. The average Bonchev–Trinajstić information content (AvgIpc) is 2.34. The Bertz CT molecular complexity index is 405. The summed E-state index contributed by atoms with van der Waals surface area (Å²) in [6.45, 7) is 11.5. The van der Waals surface area contributed by atoms with Gasteiger partial charge >= 0.3 is 7.60 Å². The maximum absolute atomic E-state index is 13.0. The fraction of sp³-hybridized carbons (Fsp3) is 0.846. The van der Waals surface area contributed by atoms with Gasteiger partial charge in [0.15, 0.2) is 4.99 Å². The molecule has 122 valence electrons. The van der Waals surface area contributed by atoms with Crippen molar-refractivity contribution in [3.63, 3.8) is 0 Å². The first-order valence-corrected chi connectivity index (χ1v) is 9.50. The monoisotopic (exact) mass is 336 g/mol. The largest absolute Gasteiger partial charge is 0.354 e. The normalized spacial score (nSPS) is 13.3. The molecule has 0 heterocycles. The van der Waals surface area contributed by atoms with Gasteiger partial charge in [0, 0.05) is 13.1 Å². The fourth-order valence-corrected chi connectivity index (χ4v) is 4.90. The summed E-state index contributed by atoms with van der Waals surface area (Å²) in [4.78, 5) is 12.9. The molecule has 1 unspecified atom stereocenters. The van der Waals surface area contributed by atoms with Crippen LogP contribution in [0.3, 0.4) is 0 Å². The van der Waals surface area contributed by atoms with Gasteiger partial charge in [-0.2, -0.15) is 5.26 Å². The molecule has 8 heteroatoms. The van der Waals surface area contributed by atoms with Crippen LogP contribution in [-0.4, -0.2) is 41.1 Å².